The number of H-pyrrole nitrogens is 1. The first-order chi connectivity index (χ1) is 15.1. The number of nitrogens with one attached hydrogen (secondary N) is 1. The van der Waals surface area contributed by atoms with Gasteiger partial charge in [0.05, 0.1) is 6.54 Å². The van der Waals surface area contributed by atoms with Crippen LogP contribution in [0.4, 0.5) is 4.39 Å². The number of piperidine rings is 1. The average molecular weight is 424 g/mol. The molecule has 1 saturated carbocycles. The minimum Gasteiger partial charge on any atom is -0.342 e. The van der Waals surface area contributed by atoms with Crippen LogP contribution in [0.25, 0.3) is 11.2 Å². The van der Waals surface area contributed by atoms with Gasteiger partial charge in [0, 0.05) is 30.5 Å². The summed E-state index contributed by atoms with van der Waals surface area (Å²) in [5, 5.41) is 7.96. The van der Waals surface area contributed by atoms with E-state index in [0.29, 0.717) is 30.1 Å². The summed E-state index contributed by atoms with van der Waals surface area (Å²) in [6, 6.07) is 6.45. The number of amides is 1. The molecule has 31 heavy (non-hydrogen) atoms. The molecule has 1 aliphatic carbocycles. The molecule has 5 rings (SSSR count). The average Bonchev–Trinajstić information content (AvgIpc) is 3.46. The quantitative estimate of drug-likeness (QED) is 0.694. The lowest BCUT2D eigenvalue weighted by Crippen LogP contribution is -2.41. The zero-order valence-electron chi connectivity index (χ0n) is 17.3. The molecule has 1 aromatic carbocycles. The van der Waals surface area contributed by atoms with Gasteiger partial charge in [-0.3, -0.25) is 9.59 Å². The van der Waals surface area contributed by atoms with E-state index in [1.54, 1.807) is 18.2 Å². The molecule has 0 unspecified atom stereocenters. The molecule has 1 amide bonds. The van der Waals surface area contributed by atoms with Gasteiger partial charge in [-0.2, -0.15) is 0 Å². The Bertz CT molecular complexity index is 1160. The number of hydrogen-bond donors (Lipinski definition) is 1. The largest absolute Gasteiger partial charge is 0.342 e. The zero-order valence-corrected chi connectivity index (χ0v) is 17.3. The van der Waals surface area contributed by atoms with Crippen LogP contribution in [0, 0.1) is 11.7 Å². The molecular weight excluding hydrogens is 399 g/mol. The Morgan fingerprint density at radius 2 is 1.87 bits per heavy atom. The number of fused-ring (bicyclic) bond motifs is 1. The Morgan fingerprint density at radius 1 is 1.13 bits per heavy atom. The van der Waals surface area contributed by atoms with Crippen LogP contribution in [0.2, 0.25) is 0 Å². The molecule has 1 N–H and O–H groups in total. The molecule has 2 aliphatic rings. The van der Waals surface area contributed by atoms with E-state index < -0.39 is 0 Å². The highest BCUT2D eigenvalue weighted by molar-refractivity contribution is 5.79. The molecule has 0 spiro atoms. The highest BCUT2D eigenvalue weighted by atomic mass is 19.1. The maximum atomic E-state index is 14.1. The Hall–Kier alpha value is -3.10. The number of nitrogens with zero attached hydrogens (tertiary/aromatic N) is 5. The van der Waals surface area contributed by atoms with Crippen molar-refractivity contribution in [3.63, 3.8) is 0 Å². The summed E-state index contributed by atoms with van der Waals surface area (Å²) in [6.07, 6.45) is 5.80. The van der Waals surface area contributed by atoms with E-state index in [9.17, 15) is 14.0 Å². The summed E-state index contributed by atoms with van der Waals surface area (Å²) in [4.78, 5) is 34.7. The summed E-state index contributed by atoms with van der Waals surface area (Å²) in [7, 11) is 0. The highest BCUT2D eigenvalue weighted by Gasteiger charge is 2.31. The Kier molecular flexibility index (Phi) is 5.25. The van der Waals surface area contributed by atoms with Gasteiger partial charge in [-0.05, 0) is 31.7 Å². The molecule has 9 heteroatoms. The molecule has 2 fully saturated rings. The first kappa shape index (κ1) is 19.8. The number of aromatic amines is 1. The predicted octanol–water partition coefficient (Wildman–Crippen LogP) is 2.60. The number of halogens is 1. The van der Waals surface area contributed by atoms with Gasteiger partial charge in [0.1, 0.15) is 11.6 Å². The van der Waals surface area contributed by atoms with E-state index in [1.807, 2.05) is 4.90 Å². The van der Waals surface area contributed by atoms with Crippen LogP contribution in [0.15, 0.2) is 29.1 Å². The van der Waals surface area contributed by atoms with Crippen molar-refractivity contribution >= 4 is 17.1 Å². The van der Waals surface area contributed by atoms with Crippen LogP contribution >= 0.6 is 0 Å². The summed E-state index contributed by atoms with van der Waals surface area (Å²) >= 11 is 0. The fourth-order valence-corrected chi connectivity index (χ4v) is 4.78. The van der Waals surface area contributed by atoms with E-state index in [-0.39, 0.29) is 41.2 Å². The van der Waals surface area contributed by atoms with Crippen LogP contribution in [0.3, 0.4) is 0 Å². The summed E-state index contributed by atoms with van der Waals surface area (Å²) in [5.74, 6) is 0.768. The Morgan fingerprint density at radius 3 is 2.61 bits per heavy atom. The van der Waals surface area contributed by atoms with Crippen molar-refractivity contribution < 1.29 is 9.18 Å². The molecule has 8 nitrogen and oxygen atoms in total. The van der Waals surface area contributed by atoms with Crippen molar-refractivity contribution in [3.8, 4) is 0 Å². The number of carbonyl (C=O) groups is 1. The molecule has 0 atom stereocenters. The molecule has 162 valence electrons. The molecule has 0 radical (unpaired) electrons. The minimum atomic E-state index is -0.343. The van der Waals surface area contributed by atoms with Gasteiger partial charge >= 0.3 is 0 Å². The van der Waals surface area contributed by atoms with Crippen LogP contribution in [0.5, 0.6) is 0 Å². The van der Waals surface area contributed by atoms with Crippen molar-refractivity contribution in [3.05, 3.63) is 51.8 Å². The molecule has 3 heterocycles. The van der Waals surface area contributed by atoms with Gasteiger partial charge in [0.25, 0.3) is 5.56 Å². The lowest BCUT2D eigenvalue weighted by molar-refractivity contribution is -0.136. The van der Waals surface area contributed by atoms with Gasteiger partial charge in [-0.15, -0.1) is 5.10 Å². The van der Waals surface area contributed by atoms with Gasteiger partial charge in [0.15, 0.2) is 11.2 Å². The zero-order chi connectivity index (χ0) is 21.4. The van der Waals surface area contributed by atoms with Crippen molar-refractivity contribution in [2.24, 2.45) is 5.92 Å². The normalized spacial score (nSPS) is 18.2. The molecule has 3 aromatic rings. The number of carbonyl (C=O) groups excluding carboxylic acids is 1. The van der Waals surface area contributed by atoms with Crippen LogP contribution in [0.1, 0.15) is 55.8 Å². The van der Waals surface area contributed by atoms with Crippen molar-refractivity contribution in [1.29, 1.82) is 0 Å². The predicted molar refractivity (Wildman–Crippen MR) is 112 cm³/mol. The lowest BCUT2D eigenvalue weighted by Gasteiger charge is -2.33. The van der Waals surface area contributed by atoms with E-state index in [4.69, 9.17) is 0 Å². The summed E-state index contributed by atoms with van der Waals surface area (Å²) in [6.45, 7) is 1.50. The van der Waals surface area contributed by atoms with E-state index >= 15 is 0 Å². The second-order valence-corrected chi connectivity index (χ2v) is 8.54. The highest BCUT2D eigenvalue weighted by Crippen LogP contribution is 2.30. The maximum Gasteiger partial charge on any atom is 0.281 e. The second-order valence-electron chi connectivity index (χ2n) is 8.54. The van der Waals surface area contributed by atoms with Crippen molar-refractivity contribution in [1.82, 2.24) is 29.9 Å². The van der Waals surface area contributed by atoms with E-state index in [1.165, 1.54) is 10.7 Å². The standard InChI is InChI=1S/C22H25FN6O2/c23-17-8-4-3-7-16(17)13-29-20-18(26-27-29)21(30)25-19(24-20)14-9-11-28(12-10-14)22(31)15-5-1-2-6-15/h3-4,7-8,14-15H,1-2,5-6,9-13H2,(H,24,25,30). The Labute approximate surface area is 178 Å². The minimum absolute atomic E-state index is 0.0570. The third-order valence-electron chi connectivity index (χ3n) is 6.57. The van der Waals surface area contributed by atoms with Gasteiger partial charge in [0.2, 0.25) is 5.91 Å². The fraction of sp³-hybridized carbons (Fsp3) is 0.500. The number of aromatic nitrogens is 5. The number of benzene rings is 1. The van der Waals surface area contributed by atoms with Crippen molar-refractivity contribution in [2.75, 3.05) is 13.1 Å². The van der Waals surface area contributed by atoms with Gasteiger partial charge < -0.3 is 9.88 Å². The Balaban J connectivity index is 1.35. The topological polar surface area (TPSA) is 96.8 Å². The van der Waals surface area contributed by atoms with Crippen LogP contribution in [-0.2, 0) is 11.3 Å². The summed E-state index contributed by atoms with van der Waals surface area (Å²) in [5.41, 5.74) is 0.612. The monoisotopic (exact) mass is 424 g/mol. The smallest absolute Gasteiger partial charge is 0.281 e. The van der Waals surface area contributed by atoms with Gasteiger partial charge in [-0.25, -0.2) is 14.1 Å². The third kappa shape index (κ3) is 3.84. The third-order valence-corrected chi connectivity index (χ3v) is 6.57. The maximum absolute atomic E-state index is 14.1. The SMILES string of the molecule is O=C(C1CCCC1)N1CCC(c2nc3c(nnn3Cc3ccccc3F)c(=O)[nH]2)CC1. The molecule has 2 aromatic heterocycles. The number of likely N-dealkylation sites (tertiary alicyclic amines) is 1. The van der Waals surface area contributed by atoms with Crippen LogP contribution in [-0.4, -0.2) is 48.9 Å². The van der Waals surface area contributed by atoms with E-state index in [0.717, 1.165) is 38.5 Å². The second kappa shape index (κ2) is 8.20. The summed E-state index contributed by atoms with van der Waals surface area (Å²) < 4.78 is 15.5. The molecule has 1 aliphatic heterocycles. The van der Waals surface area contributed by atoms with E-state index in [2.05, 4.69) is 20.3 Å². The van der Waals surface area contributed by atoms with Gasteiger partial charge in [-0.1, -0.05) is 36.3 Å². The molecule has 0 bridgehead atoms. The van der Waals surface area contributed by atoms with Crippen molar-refractivity contribution in [2.45, 2.75) is 51.0 Å². The molecular formula is C22H25FN6O2. The number of hydrogen-bond acceptors (Lipinski definition) is 5. The number of rotatable bonds is 4. The van der Waals surface area contributed by atoms with Crippen LogP contribution < -0.4 is 5.56 Å². The molecule has 1 saturated heterocycles. The first-order valence-corrected chi connectivity index (χ1v) is 11.0. The lowest BCUT2D eigenvalue weighted by atomic mass is 9.94. The fourth-order valence-electron chi connectivity index (χ4n) is 4.78. The first-order valence-electron chi connectivity index (χ1n) is 11.0.